The Morgan fingerprint density at radius 1 is 1.67 bits per heavy atom. The van der Waals surface area contributed by atoms with Crippen LogP contribution in [0.25, 0.3) is 0 Å². The Balaban J connectivity index is 2.01. The summed E-state index contributed by atoms with van der Waals surface area (Å²) in [4.78, 5) is 0. The SMILES string of the molecule is INC1COC1. The molecule has 2 nitrogen and oxygen atoms in total. The fourth-order valence-corrected chi connectivity index (χ4v) is 0.658. The molecule has 1 fully saturated rings. The number of rotatable bonds is 1. The predicted molar refractivity (Wildman–Crippen MR) is 31.8 cm³/mol. The van der Waals surface area contributed by atoms with Crippen molar-refractivity contribution in [3.63, 3.8) is 0 Å². The van der Waals surface area contributed by atoms with Gasteiger partial charge in [-0.3, -0.25) is 3.53 Å². The quantitative estimate of drug-likeness (QED) is 0.485. The summed E-state index contributed by atoms with van der Waals surface area (Å²) in [6.45, 7) is 1.78. The molecule has 1 rings (SSSR count). The maximum Gasteiger partial charge on any atom is 0.0650 e. The largest absolute Gasteiger partial charge is 0.378 e. The van der Waals surface area contributed by atoms with Crippen molar-refractivity contribution in [2.75, 3.05) is 13.2 Å². The molecule has 0 aliphatic carbocycles. The van der Waals surface area contributed by atoms with E-state index >= 15 is 0 Å². The first-order valence-electron chi connectivity index (χ1n) is 1.87. The smallest absolute Gasteiger partial charge is 0.0650 e. The number of ether oxygens (including phenoxy) is 1. The van der Waals surface area contributed by atoms with Crippen molar-refractivity contribution in [2.45, 2.75) is 6.04 Å². The van der Waals surface area contributed by atoms with Gasteiger partial charge in [0.25, 0.3) is 0 Å². The second kappa shape index (κ2) is 2.09. The van der Waals surface area contributed by atoms with E-state index in [0.717, 1.165) is 13.2 Å². The molecular formula is C3H6INO. The minimum Gasteiger partial charge on any atom is -0.378 e. The maximum absolute atomic E-state index is 4.86. The molecular weight excluding hydrogens is 193 g/mol. The molecule has 1 aliphatic rings. The Morgan fingerprint density at radius 2 is 2.33 bits per heavy atom. The summed E-state index contributed by atoms with van der Waals surface area (Å²) in [5, 5.41) is 0. The second-order valence-corrected chi connectivity index (χ2v) is 1.97. The van der Waals surface area contributed by atoms with Gasteiger partial charge >= 0.3 is 0 Å². The highest BCUT2D eigenvalue weighted by Crippen LogP contribution is 1.99. The Kier molecular flexibility index (Phi) is 1.67. The van der Waals surface area contributed by atoms with Crippen molar-refractivity contribution in [1.29, 1.82) is 0 Å². The highest BCUT2D eigenvalue weighted by atomic mass is 127. The van der Waals surface area contributed by atoms with Crippen molar-refractivity contribution in [3.05, 3.63) is 0 Å². The van der Waals surface area contributed by atoms with Gasteiger partial charge in [-0.25, -0.2) is 0 Å². The van der Waals surface area contributed by atoms with E-state index < -0.39 is 0 Å². The lowest BCUT2D eigenvalue weighted by molar-refractivity contribution is 0.00800. The van der Waals surface area contributed by atoms with Gasteiger partial charge in [-0.05, 0) is 0 Å². The van der Waals surface area contributed by atoms with Gasteiger partial charge in [0.15, 0.2) is 0 Å². The van der Waals surface area contributed by atoms with Crippen molar-refractivity contribution in [3.8, 4) is 0 Å². The monoisotopic (exact) mass is 199 g/mol. The molecule has 0 amide bonds. The lowest BCUT2D eigenvalue weighted by Crippen LogP contribution is -2.41. The van der Waals surface area contributed by atoms with Crippen molar-refractivity contribution < 1.29 is 4.74 Å². The number of hydrogen-bond donors (Lipinski definition) is 1. The van der Waals surface area contributed by atoms with E-state index in [9.17, 15) is 0 Å². The lowest BCUT2D eigenvalue weighted by atomic mass is 10.3. The molecule has 0 atom stereocenters. The summed E-state index contributed by atoms with van der Waals surface area (Å²) in [6, 6.07) is 0.630. The van der Waals surface area contributed by atoms with Crippen LogP contribution in [0, 0.1) is 0 Å². The van der Waals surface area contributed by atoms with Gasteiger partial charge < -0.3 is 4.74 Å². The van der Waals surface area contributed by atoms with E-state index in [1.54, 1.807) is 0 Å². The molecule has 0 aromatic heterocycles. The average Bonchev–Trinajstić information content (AvgIpc) is 1.31. The normalized spacial score (nSPS) is 23.5. The Labute approximate surface area is 50.7 Å². The van der Waals surface area contributed by atoms with Crippen LogP contribution in [-0.2, 0) is 4.74 Å². The third-order valence-corrected chi connectivity index (χ3v) is 1.67. The van der Waals surface area contributed by atoms with Gasteiger partial charge in [-0.2, -0.15) is 0 Å². The number of nitrogens with one attached hydrogen (secondary N) is 1. The Hall–Kier alpha value is 0.650. The average molecular weight is 199 g/mol. The highest BCUT2D eigenvalue weighted by molar-refractivity contribution is 14.1. The van der Waals surface area contributed by atoms with E-state index in [4.69, 9.17) is 4.74 Å². The molecule has 6 heavy (non-hydrogen) atoms. The minimum absolute atomic E-state index is 0.630. The lowest BCUT2D eigenvalue weighted by Gasteiger charge is -2.23. The molecule has 0 spiro atoms. The standard InChI is InChI=1S/C3H6INO/c4-5-3-1-6-2-3/h3,5H,1-2H2. The summed E-state index contributed by atoms with van der Waals surface area (Å²) < 4.78 is 7.90. The molecule has 1 saturated heterocycles. The highest BCUT2D eigenvalue weighted by Gasteiger charge is 2.14. The van der Waals surface area contributed by atoms with E-state index in [1.165, 1.54) is 0 Å². The van der Waals surface area contributed by atoms with E-state index in [2.05, 4.69) is 26.4 Å². The van der Waals surface area contributed by atoms with Crippen molar-refractivity contribution in [2.24, 2.45) is 0 Å². The number of halogens is 1. The van der Waals surface area contributed by atoms with Crippen LogP contribution in [0.5, 0.6) is 0 Å². The van der Waals surface area contributed by atoms with Crippen LogP contribution in [0.4, 0.5) is 0 Å². The van der Waals surface area contributed by atoms with E-state index in [-0.39, 0.29) is 0 Å². The molecule has 0 aromatic rings. The molecule has 0 radical (unpaired) electrons. The third-order valence-electron chi connectivity index (χ3n) is 0.792. The van der Waals surface area contributed by atoms with Crippen LogP contribution in [0.15, 0.2) is 0 Å². The maximum atomic E-state index is 4.86. The van der Waals surface area contributed by atoms with Gasteiger partial charge in [0.2, 0.25) is 0 Å². The van der Waals surface area contributed by atoms with Gasteiger partial charge in [0, 0.05) is 22.9 Å². The van der Waals surface area contributed by atoms with Crippen LogP contribution >= 0.6 is 22.9 Å². The molecule has 36 valence electrons. The minimum atomic E-state index is 0.630. The summed E-state index contributed by atoms with van der Waals surface area (Å²) in [5.41, 5.74) is 0. The molecule has 0 saturated carbocycles. The fraction of sp³-hybridized carbons (Fsp3) is 1.00. The fourth-order valence-electron chi connectivity index (χ4n) is 0.299. The summed E-state index contributed by atoms with van der Waals surface area (Å²) in [6.07, 6.45) is 0. The Morgan fingerprint density at radius 3 is 2.33 bits per heavy atom. The number of hydrogen-bond acceptors (Lipinski definition) is 2. The van der Waals surface area contributed by atoms with Crippen LogP contribution < -0.4 is 3.53 Å². The first-order chi connectivity index (χ1) is 2.93. The predicted octanol–water partition coefficient (Wildman–Crippen LogP) is 0.325. The topological polar surface area (TPSA) is 21.3 Å². The summed E-state index contributed by atoms with van der Waals surface area (Å²) in [7, 11) is 0. The van der Waals surface area contributed by atoms with Crippen LogP contribution in [-0.4, -0.2) is 19.3 Å². The zero-order chi connectivity index (χ0) is 4.41. The van der Waals surface area contributed by atoms with Crippen LogP contribution in [0.2, 0.25) is 0 Å². The summed E-state index contributed by atoms with van der Waals surface area (Å²) in [5.74, 6) is 0. The molecule has 0 unspecified atom stereocenters. The van der Waals surface area contributed by atoms with Gasteiger partial charge in [0.1, 0.15) is 0 Å². The van der Waals surface area contributed by atoms with Gasteiger partial charge in [0.05, 0.1) is 19.3 Å². The first-order valence-corrected chi connectivity index (χ1v) is 2.95. The van der Waals surface area contributed by atoms with Crippen LogP contribution in [0.3, 0.4) is 0 Å². The van der Waals surface area contributed by atoms with Gasteiger partial charge in [-0.15, -0.1) is 0 Å². The Bertz CT molecular complexity index is 43.3. The molecule has 1 heterocycles. The van der Waals surface area contributed by atoms with Crippen molar-refractivity contribution in [1.82, 2.24) is 3.53 Å². The third kappa shape index (κ3) is 0.828. The molecule has 1 aliphatic heterocycles. The molecule has 1 N–H and O–H groups in total. The second-order valence-electron chi connectivity index (χ2n) is 1.34. The van der Waals surface area contributed by atoms with Crippen LogP contribution in [0.1, 0.15) is 0 Å². The molecule has 0 bridgehead atoms. The molecule has 0 aromatic carbocycles. The van der Waals surface area contributed by atoms with E-state index in [1.807, 2.05) is 0 Å². The van der Waals surface area contributed by atoms with Crippen molar-refractivity contribution >= 4 is 22.9 Å². The molecule has 3 heteroatoms. The van der Waals surface area contributed by atoms with E-state index in [0.29, 0.717) is 6.04 Å². The zero-order valence-electron chi connectivity index (χ0n) is 3.28. The summed E-state index contributed by atoms with van der Waals surface area (Å²) >= 11 is 2.13. The zero-order valence-corrected chi connectivity index (χ0v) is 5.44. The van der Waals surface area contributed by atoms with Gasteiger partial charge in [-0.1, -0.05) is 0 Å². The first kappa shape index (κ1) is 4.80.